The molecular weight excluding hydrogens is 371 g/mol. The van der Waals surface area contributed by atoms with Gasteiger partial charge in [-0.3, -0.25) is 9.59 Å². The molecule has 2 heterocycles. The Kier molecular flexibility index (Phi) is 5.37. The van der Waals surface area contributed by atoms with E-state index in [0.29, 0.717) is 32.5 Å². The van der Waals surface area contributed by atoms with Gasteiger partial charge in [0, 0.05) is 19.7 Å². The Morgan fingerprint density at radius 3 is 2.66 bits per heavy atom. The van der Waals surface area contributed by atoms with Gasteiger partial charge in [0.2, 0.25) is 5.91 Å². The highest BCUT2D eigenvalue weighted by atomic mass is 19.1. The molecule has 0 aromatic heterocycles. The molecule has 0 spiro atoms. The maximum absolute atomic E-state index is 13.2. The fourth-order valence-electron chi connectivity index (χ4n) is 4.36. The highest BCUT2D eigenvalue weighted by molar-refractivity contribution is 5.86. The molecule has 29 heavy (non-hydrogen) atoms. The Bertz CT molecular complexity index is 909. The predicted molar refractivity (Wildman–Crippen MR) is 107 cm³/mol. The van der Waals surface area contributed by atoms with Gasteiger partial charge in [-0.1, -0.05) is 36.4 Å². The molecule has 2 amide bonds. The van der Waals surface area contributed by atoms with E-state index in [2.05, 4.69) is 0 Å². The van der Waals surface area contributed by atoms with E-state index in [9.17, 15) is 14.0 Å². The van der Waals surface area contributed by atoms with E-state index in [1.165, 1.54) is 12.1 Å². The molecule has 2 saturated heterocycles. The third kappa shape index (κ3) is 4.03. The van der Waals surface area contributed by atoms with Crippen LogP contribution in [0.5, 0.6) is 0 Å². The zero-order valence-corrected chi connectivity index (χ0v) is 16.3. The van der Waals surface area contributed by atoms with Crippen molar-refractivity contribution in [3.8, 4) is 11.1 Å². The third-order valence-electron chi connectivity index (χ3n) is 6.04. The van der Waals surface area contributed by atoms with Crippen LogP contribution in [0.2, 0.25) is 0 Å². The molecule has 0 radical (unpaired) electrons. The van der Waals surface area contributed by atoms with Gasteiger partial charge in [0.25, 0.3) is 5.91 Å². The SMILES string of the molecule is NC(=O)C1(Cc2cccc(-c3ccc(F)cc3)c2)CCN(C(=O)C2CCCO2)C1. The Balaban J connectivity index is 1.53. The number of ether oxygens (including phenoxy) is 1. The van der Waals surface area contributed by atoms with E-state index in [4.69, 9.17) is 10.5 Å². The monoisotopic (exact) mass is 396 g/mol. The van der Waals surface area contributed by atoms with Gasteiger partial charge in [-0.05, 0) is 54.5 Å². The first-order valence-electron chi connectivity index (χ1n) is 10.0. The average Bonchev–Trinajstić information content (AvgIpc) is 3.39. The highest BCUT2D eigenvalue weighted by Crippen LogP contribution is 2.36. The van der Waals surface area contributed by atoms with E-state index in [-0.39, 0.29) is 23.7 Å². The minimum atomic E-state index is -0.782. The lowest BCUT2D eigenvalue weighted by Crippen LogP contribution is -2.44. The molecule has 2 N–H and O–H groups in total. The summed E-state index contributed by atoms with van der Waals surface area (Å²) in [6.07, 6.45) is 2.24. The Morgan fingerprint density at radius 1 is 1.17 bits per heavy atom. The van der Waals surface area contributed by atoms with Crippen LogP contribution in [0.15, 0.2) is 48.5 Å². The van der Waals surface area contributed by atoms with Crippen molar-refractivity contribution in [1.82, 2.24) is 4.90 Å². The second-order valence-corrected chi connectivity index (χ2v) is 8.04. The number of halogens is 1. The van der Waals surface area contributed by atoms with E-state index in [1.807, 2.05) is 24.3 Å². The summed E-state index contributed by atoms with van der Waals surface area (Å²) in [7, 11) is 0. The Morgan fingerprint density at radius 2 is 1.97 bits per heavy atom. The lowest BCUT2D eigenvalue weighted by atomic mass is 9.79. The fourth-order valence-corrected chi connectivity index (χ4v) is 4.36. The summed E-state index contributed by atoms with van der Waals surface area (Å²) in [5, 5.41) is 0. The summed E-state index contributed by atoms with van der Waals surface area (Å²) in [4.78, 5) is 26.8. The number of hydrogen-bond acceptors (Lipinski definition) is 3. The van der Waals surface area contributed by atoms with E-state index >= 15 is 0 Å². The lowest BCUT2D eigenvalue weighted by Gasteiger charge is -2.27. The predicted octanol–water partition coefficient (Wildman–Crippen LogP) is 2.92. The van der Waals surface area contributed by atoms with Crippen LogP contribution in [0.1, 0.15) is 24.8 Å². The largest absolute Gasteiger partial charge is 0.369 e. The average molecular weight is 396 g/mol. The van der Waals surface area contributed by atoms with Gasteiger partial charge < -0.3 is 15.4 Å². The second-order valence-electron chi connectivity index (χ2n) is 8.04. The van der Waals surface area contributed by atoms with Gasteiger partial charge in [-0.25, -0.2) is 4.39 Å². The molecule has 5 nitrogen and oxygen atoms in total. The lowest BCUT2D eigenvalue weighted by molar-refractivity contribution is -0.140. The maximum atomic E-state index is 13.2. The smallest absolute Gasteiger partial charge is 0.251 e. The molecule has 2 unspecified atom stereocenters. The number of likely N-dealkylation sites (tertiary alicyclic amines) is 1. The first-order valence-corrected chi connectivity index (χ1v) is 10.0. The standard InChI is InChI=1S/C23H25FN2O3/c24-19-8-6-17(7-9-19)18-4-1-3-16(13-18)14-23(22(25)28)10-11-26(15-23)21(27)20-5-2-12-29-20/h1,3-4,6-9,13,20H,2,5,10-12,14-15H2,(H2,25,28). The minimum Gasteiger partial charge on any atom is -0.369 e. The highest BCUT2D eigenvalue weighted by Gasteiger charge is 2.46. The van der Waals surface area contributed by atoms with Crippen molar-refractivity contribution in [3.63, 3.8) is 0 Å². The van der Waals surface area contributed by atoms with Gasteiger partial charge in [0.05, 0.1) is 5.41 Å². The molecule has 2 aliphatic rings. The van der Waals surface area contributed by atoms with Crippen LogP contribution >= 0.6 is 0 Å². The maximum Gasteiger partial charge on any atom is 0.251 e. The molecular formula is C23H25FN2O3. The van der Waals surface area contributed by atoms with Crippen molar-refractivity contribution in [2.75, 3.05) is 19.7 Å². The van der Waals surface area contributed by atoms with Gasteiger partial charge in [0.15, 0.2) is 0 Å². The van der Waals surface area contributed by atoms with Crippen molar-refractivity contribution >= 4 is 11.8 Å². The quantitative estimate of drug-likeness (QED) is 0.845. The van der Waals surface area contributed by atoms with Crippen LogP contribution in [0.25, 0.3) is 11.1 Å². The fraction of sp³-hybridized carbons (Fsp3) is 0.391. The summed E-state index contributed by atoms with van der Waals surface area (Å²) in [5.41, 5.74) is 7.86. The first-order chi connectivity index (χ1) is 14.0. The molecule has 0 bridgehead atoms. The zero-order valence-electron chi connectivity index (χ0n) is 16.3. The van der Waals surface area contributed by atoms with Crippen molar-refractivity contribution in [2.24, 2.45) is 11.1 Å². The van der Waals surface area contributed by atoms with Gasteiger partial charge in [0.1, 0.15) is 11.9 Å². The normalized spacial score (nSPS) is 24.0. The van der Waals surface area contributed by atoms with Crippen LogP contribution in [0.4, 0.5) is 4.39 Å². The van der Waals surface area contributed by atoms with Crippen LogP contribution in [-0.4, -0.2) is 42.5 Å². The van der Waals surface area contributed by atoms with Crippen molar-refractivity contribution < 1.29 is 18.7 Å². The molecule has 0 saturated carbocycles. The number of amides is 2. The molecule has 2 aromatic carbocycles. The Hall–Kier alpha value is -2.73. The number of carbonyl (C=O) groups excluding carboxylic acids is 2. The van der Waals surface area contributed by atoms with Crippen LogP contribution in [-0.2, 0) is 20.7 Å². The van der Waals surface area contributed by atoms with Gasteiger partial charge >= 0.3 is 0 Å². The number of benzene rings is 2. The van der Waals surface area contributed by atoms with Gasteiger partial charge in [-0.2, -0.15) is 0 Å². The number of nitrogens with two attached hydrogens (primary N) is 1. The topological polar surface area (TPSA) is 72.6 Å². The first kappa shape index (κ1) is 19.6. The third-order valence-corrected chi connectivity index (χ3v) is 6.04. The molecule has 6 heteroatoms. The van der Waals surface area contributed by atoms with Crippen LogP contribution in [0, 0.1) is 11.2 Å². The van der Waals surface area contributed by atoms with Gasteiger partial charge in [-0.15, -0.1) is 0 Å². The summed E-state index contributed by atoms with van der Waals surface area (Å²) < 4.78 is 18.7. The summed E-state index contributed by atoms with van der Waals surface area (Å²) in [6, 6.07) is 14.2. The Labute approximate surface area is 169 Å². The van der Waals surface area contributed by atoms with Crippen molar-refractivity contribution in [3.05, 3.63) is 59.9 Å². The number of carbonyl (C=O) groups is 2. The molecule has 2 aliphatic heterocycles. The van der Waals surface area contributed by atoms with Crippen molar-refractivity contribution in [2.45, 2.75) is 31.8 Å². The van der Waals surface area contributed by atoms with Crippen LogP contribution < -0.4 is 5.73 Å². The number of rotatable bonds is 5. The van der Waals surface area contributed by atoms with E-state index in [1.54, 1.807) is 17.0 Å². The molecule has 4 rings (SSSR count). The second kappa shape index (κ2) is 7.95. The van der Waals surface area contributed by atoms with Crippen LogP contribution in [0.3, 0.4) is 0 Å². The molecule has 2 atom stereocenters. The van der Waals surface area contributed by atoms with E-state index < -0.39 is 5.41 Å². The molecule has 0 aliphatic carbocycles. The number of hydrogen-bond donors (Lipinski definition) is 1. The van der Waals surface area contributed by atoms with E-state index in [0.717, 1.165) is 29.5 Å². The number of nitrogens with zero attached hydrogens (tertiary/aromatic N) is 1. The molecule has 152 valence electrons. The summed E-state index contributed by atoms with van der Waals surface area (Å²) in [6.45, 7) is 1.45. The zero-order chi connectivity index (χ0) is 20.4. The number of primary amides is 1. The minimum absolute atomic E-state index is 0.0364. The summed E-state index contributed by atoms with van der Waals surface area (Å²) in [5.74, 6) is -0.697. The van der Waals surface area contributed by atoms with Crippen molar-refractivity contribution in [1.29, 1.82) is 0 Å². The summed E-state index contributed by atoms with van der Waals surface area (Å²) >= 11 is 0. The molecule has 2 aromatic rings. The molecule has 2 fully saturated rings.